The minimum Gasteiger partial charge on any atom is -0.495 e. The van der Waals surface area contributed by atoms with Crippen LogP contribution in [0.2, 0.25) is 0 Å². The Kier molecular flexibility index (Phi) is 3.18. The zero-order chi connectivity index (χ0) is 14.1. The number of fused-ring (bicyclic) bond motifs is 1. The van der Waals surface area contributed by atoms with Gasteiger partial charge in [0.25, 0.3) is 0 Å². The fraction of sp³-hybridized carbons (Fsp3) is 0.235. The molecule has 1 aliphatic heterocycles. The average molecular weight is 267 g/mol. The van der Waals surface area contributed by atoms with E-state index in [9.17, 15) is 4.79 Å². The Labute approximate surface area is 118 Å². The van der Waals surface area contributed by atoms with Crippen molar-refractivity contribution in [3.8, 4) is 0 Å². The lowest BCUT2D eigenvalue weighted by Gasteiger charge is -2.07. The lowest BCUT2D eigenvalue weighted by Crippen LogP contribution is -2.04. The normalized spacial score (nSPS) is 13.5. The second-order valence-corrected chi connectivity index (χ2v) is 4.87. The molecule has 0 saturated heterocycles. The van der Waals surface area contributed by atoms with Crippen molar-refractivity contribution in [2.75, 3.05) is 6.61 Å². The van der Waals surface area contributed by atoms with Crippen LogP contribution in [0.25, 0.3) is 5.57 Å². The lowest BCUT2D eigenvalue weighted by atomic mass is 10.0. The van der Waals surface area contributed by atoms with Gasteiger partial charge in [0.15, 0.2) is 5.78 Å². The van der Waals surface area contributed by atoms with Crippen molar-refractivity contribution < 1.29 is 9.53 Å². The maximum absolute atomic E-state index is 12.8. The zero-order valence-electron chi connectivity index (χ0n) is 11.7. The minimum absolute atomic E-state index is 0.0332. The first-order valence-electron chi connectivity index (χ1n) is 6.84. The van der Waals surface area contributed by atoms with E-state index in [1.54, 1.807) is 0 Å². The van der Waals surface area contributed by atoms with Crippen molar-refractivity contribution in [2.45, 2.75) is 20.4 Å². The number of nitrogens with zero attached hydrogens (tertiary/aromatic N) is 1. The molecule has 0 aliphatic carbocycles. The minimum atomic E-state index is 0.0332. The summed E-state index contributed by atoms with van der Waals surface area (Å²) in [4.78, 5) is 12.8. The molecular weight excluding hydrogens is 250 g/mol. The van der Waals surface area contributed by atoms with E-state index in [1.165, 1.54) is 0 Å². The number of Topliss-reactive ketones (excluding diaryl/α,β-unsaturated/α-hetero) is 1. The van der Waals surface area contributed by atoms with Crippen LogP contribution in [0.4, 0.5) is 0 Å². The molecule has 3 rings (SSSR count). The van der Waals surface area contributed by atoms with E-state index in [1.807, 2.05) is 56.3 Å². The number of benzene rings is 1. The quantitative estimate of drug-likeness (QED) is 0.795. The van der Waals surface area contributed by atoms with Gasteiger partial charge in [0.1, 0.15) is 5.76 Å². The molecule has 1 aliphatic rings. The molecule has 2 heterocycles. The number of carbonyl (C=O) groups excluding carboxylic acids is 1. The van der Waals surface area contributed by atoms with Gasteiger partial charge in [-0.05, 0) is 26.0 Å². The third kappa shape index (κ3) is 1.95. The number of hydrogen-bond acceptors (Lipinski definition) is 2. The molecule has 20 heavy (non-hydrogen) atoms. The van der Waals surface area contributed by atoms with Crippen molar-refractivity contribution in [3.05, 3.63) is 65.2 Å². The van der Waals surface area contributed by atoms with E-state index in [-0.39, 0.29) is 5.78 Å². The van der Waals surface area contributed by atoms with Gasteiger partial charge in [-0.25, -0.2) is 0 Å². The fourth-order valence-corrected chi connectivity index (χ4v) is 2.63. The molecule has 0 bridgehead atoms. The molecule has 0 spiro atoms. The second-order valence-electron chi connectivity index (χ2n) is 4.87. The van der Waals surface area contributed by atoms with Crippen LogP contribution in [0.3, 0.4) is 0 Å². The Morgan fingerprint density at radius 3 is 2.65 bits per heavy atom. The zero-order valence-corrected chi connectivity index (χ0v) is 11.7. The van der Waals surface area contributed by atoms with Gasteiger partial charge < -0.3 is 9.30 Å². The van der Waals surface area contributed by atoms with Crippen LogP contribution in [-0.2, 0) is 11.3 Å². The molecular formula is C17H17NO2. The number of rotatable bonds is 4. The van der Waals surface area contributed by atoms with Crippen LogP contribution in [-0.4, -0.2) is 17.0 Å². The summed E-state index contributed by atoms with van der Waals surface area (Å²) in [5.74, 6) is 0.811. The molecule has 2 aromatic rings. The number of hydrogen-bond donors (Lipinski definition) is 0. The molecule has 3 nitrogen and oxygen atoms in total. The molecule has 102 valence electrons. The number of allylic oxidation sites excluding steroid dienone is 2. The number of carbonyl (C=O) groups is 1. The number of aryl methyl sites for hydroxylation is 1. The van der Waals surface area contributed by atoms with E-state index in [0.717, 1.165) is 17.1 Å². The Hall–Kier alpha value is -2.29. The Bertz CT molecular complexity index is 680. The monoisotopic (exact) mass is 267 g/mol. The molecule has 1 aromatic heterocycles. The van der Waals surface area contributed by atoms with Gasteiger partial charge in [0.05, 0.1) is 24.4 Å². The molecule has 0 fully saturated rings. The molecule has 0 unspecified atom stereocenters. The first kappa shape index (κ1) is 12.7. The summed E-state index contributed by atoms with van der Waals surface area (Å²) in [5, 5.41) is 0. The summed E-state index contributed by atoms with van der Waals surface area (Å²) < 4.78 is 7.82. The van der Waals surface area contributed by atoms with Gasteiger partial charge in [0.2, 0.25) is 0 Å². The first-order valence-corrected chi connectivity index (χ1v) is 6.84. The Morgan fingerprint density at radius 2 is 1.95 bits per heavy atom. The third-order valence-electron chi connectivity index (χ3n) is 3.62. The fourth-order valence-electron chi connectivity index (χ4n) is 2.63. The van der Waals surface area contributed by atoms with E-state index < -0.39 is 0 Å². The number of ketones is 1. The molecule has 0 atom stereocenters. The number of aromatic nitrogens is 1. The van der Waals surface area contributed by atoms with Crippen LogP contribution < -0.4 is 0 Å². The Balaban J connectivity index is 2.07. The predicted molar refractivity (Wildman–Crippen MR) is 78.5 cm³/mol. The van der Waals surface area contributed by atoms with Crippen LogP contribution in [0, 0.1) is 6.92 Å². The van der Waals surface area contributed by atoms with Crippen LogP contribution in [0.5, 0.6) is 0 Å². The smallest absolute Gasteiger partial charge is 0.198 e. The molecule has 0 amide bonds. The standard InChI is InChI=1S/C17H17NO2/c1-3-20-15-11-18-12(2)9-10-14(18)16(15)17(19)13-7-5-4-6-8-13/h4-10H,3,11H2,1-2H3. The summed E-state index contributed by atoms with van der Waals surface area (Å²) in [6, 6.07) is 13.4. The van der Waals surface area contributed by atoms with E-state index >= 15 is 0 Å². The van der Waals surface area contributed by atoms with Crippen molar-refractivity contribution in [1.82, 2.24) is 4.57 Å². The van der Waals surface area contributed by atoms with Gasteiger partial charge >= 0.3 is 0 Å². The maximum atomic E-state index is 12.8. The van der Waals surface area contributed by atoms with Crippen molar-refractivity contribution in [2.24, 2.45) is 0 Å². The summed E-state index contributed by atoms with van der Waals surface area (Å²) in [6.45, 7) is 5.21. The average Bonchev–Trinajstić information content (AvgIpc) is 3.00. The summed E-state index contributed by atoms with van der Waals surface area (Å²) >= 11 is 0. The molecule has 3 heteroatoms. The number of ether oxygens (including phenoxy) is 1. The van der Waals surface area contributed by atoms with Crippen LogP contribution >= 0.6 is 0 Å². The van der Waals surface area contributed by atoms with Crippen LogP contribution in [0.15, 0.2) is 48.2 Å². The topological polar surface area (TPSA) is 31.2 Å². The van der Waals surface area contributed by atoms with Gasteiger partial charge in [-0.15, -0.1) is 0 Å². The largest absolute Gasteiger partial charge is 0.495 e. The van der Waals surface area contributed by atoms with E-state index in [0.29, 0.717) is 24.3 Å². The highest BCUT2D eigenvalue weighted by molar-refractivity contribution is 6.29. The van der Waals surface area contributed by atoms with Crippen molar-refractivity contribution in [1.29, 1.82) is 0 Å². The van der Waals surface area contributed by atoms with Gasteiger partial charge in [-0.1, -0.05) is 30.3 Å². The van der Waals surface area contributed by atoms with Crippen LogP contribution in [0.1, 0.15) is 28.7 Å². The third-order valence-corrected chi connectivity index (χ3v) is 3.62. The Morgan fingerprint density at radius 1 is 1.20 bits per heavy atom. The van der Waals surface area contributed by atoms with Gasteiger partial charge in [-0.2, -0.15) is 0 Å². The second kappa shape index (κ2) is 5.00. The first-order chi connectivity index (χ1) is 9.72. The van der Waals surface area contributed by atoms with Crippen molar-refractivity contribution >= 4 is 11.4 Å². The molecule has 1 aromatic carbocycles. The molecule has 0 N–H and O–H groups in total. The lowest BCUT2D eigenvalue weighted by molar-refractivity contribution is 0.105. The van der Waals surface area contributed by atoms with E-state index in [2.05, 4.69) is 4.57 Å². The SMILES string of the molecule is CCOC1=C(C(=O)c2ccccc2)c2ccc(C)n2C1. The summed E-state index contributed by atoms with van der Waals surface area (Å²) in [6.07, 6.45) is 0. The molecule has 0 saturated carbocycles. The maximum Gasteiger partial charge on any atom is 0.198 e. The van der Waals surface area contributed by atoms with Crippen molar-refractivity contribution in [3.63, 3.8) is 0 Å². The van der Waals surface area contributed by atoms with Gasteiger partial charge in [0, 0.05) is 11.3 Å². The van der Waals surface area contributed by atoms with Gasteiger partial charge in [-0.3, -0.25) is 4.79 Å². The highest BCUT2D eigenvalue weighted by Gasteiger charge is 2.29. The summed E-state index contributed by atoms with van der Waals surface area (Å²) in [5.41, 5.74) is 3.51. The predicted octanol–water partition coefficient (Wildman–Crippen LogP) is 3.44. The van der Waals surface area contributed by atoms with E-state index in [4.69, 9.17) is 4.74 Å². The highest BCUT2D eigenvalue weighted by Crippen LogP contribution is 2.33. The summed E-state index contributed by atoms with van der Waals surface area (Å²) in [7, 11) is 0. The molecule has 0 radical (unpaired) electrons. The highest BCUT2D eigenvalue weighted by atomic mass is 16.5.